The van der Waals surface area contributed by atoms with Crippen molar-refractivity contribution in [3.63, 3.8) is 0 Å². The first-order valence-corrected chi connectivity index (χ1v) is 9.81. The number of hydrogen-bond acceptors (Lipinski definition) is 4. The second-order valence-corrected chi connectivity index (χ2v) is 8.19. The third-order valence-electron chi connectivity index (χ3n) is 5.08. The molecular weight excluding hydrogens is 452 g/mol. The van der Waals surface area contributed by atoms with Crippen LogP contribution in [0.3, 0.4) is 0 Å². The second-order valence-electron chi connectivity index (χ2n) is 6.48. The average Bonchev–Trinajstić information content (AvgIpc) is 3.24. The molecule has 1 saturated heterocycles. The number of benzene rings is 1. The molecule has 4 atom stereocenters. The molecule has 2 bridgehead atoms. The predicted molar refractivity (Wildman–Crippen MR) is 100 cm³/mol. The van der Waals surface area contributed by atoms with Gasteiger partial charge in [0, 0.05) is 0 Å². The smallest absolute Gasteiger partial charge is 0.254 e. The lowest BCUT2D eigenvalue weighted by Crippen LogP contribution is -2.28. The number of hydrogen-bond donors (Lipinski definition) is 0. The van der Waals surface area contributed by atoms with Crippen LogP contribution in [0.4, 0.5) is 0 Å². The first-order valence-electron chi connectivity index (χ1n) is 8.23. The lowest BCUT2D eigenvalue weighted by Gasteiger charge is -2.13. The van der Waals surface area contributed by atoms with Gasteiger partial charge in [-0.3, -0.25) is 9.59 Å². The van der Waals surface area contributed by atoms with E-state index in [0.717, 1.165) is 25.9 Å². The Kier molecular flexibility index (Phi) is 4.32. The van der Waals surface area contributed by atoms with Gasteiger partial charge in [0.15, 0.2) is 0 Å². The molecule has 0 radical (unpaired) electrons. The topological polar surface area (TPSA) is 59.0 Å². The van der Waals surface area contributed by atoms with Crippen LogP contribution in [-0.2, 0) is 9.59 Å². The van der Waals surface area contributed by atoms with Crippen molar-refractivity contribution in [2.24, 2.45) is 28.8 Å². The summed E-state index contributed by atoms with van der Waals surface area (Å²) in [6, 6.07) is 3.69. The minimum Gasteiger partial charge on any atom is -0.492 e. The zero-order chi connectivity index (χ0) is 17.7. The molecular formula is C18H16Br2N2O3. The minimum atomic E-state index is -0.224. The number of carbonyl (C=O) groups is 2. The molecule has 2 amide bonds. The van der Waals surface area contributed by atoms with Gasteiger partial charge in [-0.2, -0.15) is 10.1 Å². The Morgan fingerprint density at radius 3 is 2.24 bits per heavy atom. The minimum absolute atomic E-state index is 0.174. The number of imide groups is 1. The van der Waals surface area contributed by atoms with E-state index in [9.17, 15) is 9.59 Å². The summed E-state index contributed by atoms with van der Waals surface area (Å²) in [5, 5.41) is 5.25. The highest BCUT2D eigenvalue weighted by molar-refractivity contribution is 9.11. The molecule has 1 heterocycles. The second kappa shape index (κ2) is 6.36. The predicted octanol–water partition coefficient (Wildman–Crippen LogP) is 3.75. The van der Waals surface area contributed by atoms with Crippen molar-refractivity contribution in [3.05, 3.63) is 38.8 Å². The summed E-state index contributed by atoms with van der Waals surface area (Å²) in [7, 11) is 0. The highest BCUT2D eigenvalue weighted by Crippen LogP contribution is 2.52. The molecule has 0 N–H and O–H groups in total. The number of amides is 2. The number of nitrogens with zero attached hydrogens (tertiary/aromatic N) is 2. The van der Waals surface area contributed by atoms with Crippen molar-refractivity contribution in [2.45, 2.75) is 13.3 Å². The highest BCUT2D eigenvalue weighted by Gasteiger charge is 2.59. The molecule has 25 heavy (non-hydrogen) atoms. The Morgan fingerprint density at radius 1 is 1.16 bits per heavy atom. The Bertz CT molecular complexity index is 768. The zero-order valence-electron chi connectivity index (χ0n) is 13.5. The van der Waals surface area contributed by atoms with Crippen LogP contribution in [0.15, 0.2) is 38.3 Å². The number of halogens is 2. The molecule has 1 saturated carbocycles. The summed E-state index contributed by atoms with van der Waals surface area (Å²) < 4.78 is 7.11. The molecule has 4 unspecified atom stereocenters. The molecule has 4 rings (SSSR count). The van der Waals surface area contributed by atoms with Crippen LogP contribution in [0.5, 0.6) is 5.75 Å². The average molecular weight is 468 g/mol. The van der Waals surface area contributed by atoms with E-state index >= 15 is 0 Å². The Morgan fingerprint density at radius 2 is 1.72 bits per heavy atom. The van der Waals surface area contributed by atoms with Crippen LogP contribution in [0.2, 0.25) is 0 Å². The Balaban J connectivity index is 1.57. The van der Waals surface area contributed by atoms with E-state index in [4.69, 9.17) is 4.74 Å². The van der Waals surface area contributed by atoms with Crippen LogP contribution >= 0.6 is 31.9 Å². The maximum Gasteiger partial charge on any atom is 0.254 e. The van der Waals surface area contributed by atoms with Gasteiger partial charge >= 0.3 is 0 Å². The van der Waals surface area contributed by atoms with Gasteiger partial charge < -0.3 is 4.74 Å². The molecule has 130 valence electrons. The third kappa shape index (κ3) is 2.68. The lowest BCUT2D eigenvalue weighted by molar-refractivity contribution is -0.140. The van der Waals surface area contributed by atoms with E-state index in [-0.39, 0.29) is 35.5 Å². The third-order valence-corrected chi connectivity index (χ3v) is 6.26. The van der Waals surface area contributed by atoms with Gasteiger partial charge in [-0.25, -0.2) is 0 Å². The van der Waals surface area contributed by atoms with Gasteiger partial charge in [0.05, 0.1) is 33.6 Å². The largest absolute Gasteiger partial charge is 0.492 e. The Labute approximate surface area is 162 Å². The molecule has 3 aliphatic rings. The van der Waals surface area contributed by atoms with Crippen molar-refractivity contribution in [1.29, 1.82) is 0 Å². The van der Waals surface area contributed by atoms with Crippen molar-refractivity contribution in [3.8, 4) is 5.75 Å². The van der Waals surface area contributed by atoms with Crippen molar-refractivity contribution < 1.29 is 14.3 Å². The fourth-order valence-corrected chi connectivity index (χ4v) is 5.51. The number of ether oxygens (including phenoxy) is 1. The maximum atomic E-state index is 12.6. The molecule has 0 spiro atoms. The number of carbonyl (C=O) groups excluding carboxylic acids is 2. The summed E-state index contributed by atoms with van der Waals surface area (Å²) >= 11 is 6.93. The van der Waals surface area contributed by atoms with Crippen LogP contribution in [-0.4, -0.2) is 29.6 Å². The van der Waals surface area contributed by atoms with Crippen molar-refractivity contribution in [1.82, 2.24) is 5.01 Å². The quantitative estimate of drug-likeness (QED) is 0.385. The van der Waals surface area contributed by atoms with Gasteiger partial charge in [-0.1, -0.05) is 12.2 Å². The van der Waals surface area contributed by atoms with Crippen molar-refractivity contribution in [2.75, 3.05) is 6.61 Å². The molecule has 1 aromatic carbocycles. The van der Waals surface area contributed by atoms with Crippen LogP contribution in [0.1, 0.15) is 18.9 Å². The normalized spacial score (nSPS) is 30.0. The van der Waals surface area contributed by atoms with E-state index in [1.54, 1.807) is 0 Å². The van der Waals surface area contributed by atoms with Crippen LogP contribution < -0.4 is 4.74 Å². The molecule has 1 aromatic rings. The number of hydrazone groups is 1. The van der Waals surface area contributed by atoms with Gasteiger partial charge in [-0.05, 0) is 74.7 Å². The Hall–Kier alpha value is -1.47. The summed E-state index contributed by atoms with van der Waals surface area (Å²) in [5.74, 6) is 0.308. The molecule has 5 nitrogen and oxygen atoms in total. The summed E-state index contributed by atoms with van der Waals surface area (Å²) in [5.41, 5.74) is 0.765. The zero-order valence-corrected chi connectivity index (χ0v) is 16.7. The first-order chi connectivity index (χ1) is 12.0. The highest BCUT2D eigenvalue weighted by atomic mass is 79.9. The van der Waals surface area contributed by atoms with Gasteiger partial charge in [0.25, 0.3) is 11.8 Å². The van der Waals surface area contributed by atoms with E-state index in [1.807, 2.05) is 19.1 Å². The van der Waals surface area contributed by atoms with Crippen molar-refractivity contribution >= 4 is 49.9 Å². The van der Waals surface area contributed by atoms with Crippen LogP contribution in [0, 0.1) is 23.7 Å². The number of allylic oxidation sites excluding steroid dienone is 2. The molecule has 0 aromatic heterocycles. The molecule has 7 heteroatoms. The molecule has 1 aliphatic heterocycles. The van der Waals surface area contributed by atoms with Gasteiger partial charge in [-0.15, -0.1) is 0 Å². The van der Waals surface area contributed by atoms with E-state index in [0.29, 0.717) is 12.4 Å². The summed E-state index contributed by atoms with van der Waals surface area (Å²) in [6.07, 6.45) is 6.61. The fraction of sp³-hybridized carbons (Fsp3) is 0.389. The van der Waals surface area contributed by atoms with Crippen LogP contribution in [0.25, 0.3) is 0 Å². The molecule has 2 aliphatic carbocycles. The SMILES string of the molecule is CCOc1c(Br)cc(C=NN2C(=O)C3C4C=CC(C4)C3C2=O)cc1Br. The van der Waals surface area contributed by atoms with E-state index in [2.05, 4.69) is 49.1 Å². The standard InChI is InChI=1S/C18H16Br2N2O3/c1-2-25-16-12(19)5-9(6-13(16)20)8-21-22-17(23)14-10-3-4-11(7-10)15(14)18(22)24/h3-6,8,10-11,14-15H,2,7H2,1H3. The number of fused-ring (bicyclic) bond motifs is 5. The monoisotopic (exact) mass is 466 g/mol. The summed E-state index contributed by atoms with van der Waals surface area (Å²) in [6.45, 7) is 2.47. The summed E-state index contributed by atoms with van der Waals surface area (Å²) in [4.78, 5) is 25.2. The molecule has 2 fully saturated rings. The van der Waals surface area contributed by atoms with Gasteiger partial charge in [0.1, 0.15) is 5.75 Å². The fourth-order valence-electron chi connectivity index (χ4n) is 4.06. The lowest BCUT2D eigenvalue weighted by atomic mass is 9.85. The van der Waals surface area contributed by atoms with Gasteiger partial charge in [0.2, 0.25) is 0 Å². The maximum absolute atomic E-state index is 12.6. The van der Waals surface area contributed by atoms with E-state index in [1.165, 1.54) is 6.21 Å². The first kappa shape index (κ1) is 17.0. The number of rotatable bonds is 4. The van der Waals surface area contributed by atoms with E-state index < -0.39 is 0 Å².